The first-order chi connectivity index (χ1) is 7.90. The van der Waals surface area contributed by atoms with Crippen molar-refractivity contribution >= 4 is 17.4 Å². The van der Waals surface area contributed by atoms with E-state index in [1.165, 1.54) is 25.1 Å². The lowest BCUT2D eigenvalue weighted by Crippen LogP contribution is -2.28. The van der Waals surface area contributed by atoms with E-state index in [2.05, 4.69) is 5.32 Å². The van der Waals surface area contributed by atoms with Gasteiger partial charge >= 0.3 is 0 Å². The number of nitrogens with one attached hydrogen (secondary N) is 1. The van der Waals surface area contributed by atoms with Crippen molar-refractivity contribution in [3.63, 3.8) is 0 Å². The summed E-state index contributed by atoms with van der Waals surface area (Å²) in [5.74, 6) is -0.674. The molecule has 0 atom stereocenters. The fourth-order valence-electron chi connectivity index (χ4n) is 1.31. The topological polar surface area (TPSA) is 89.3 Å². The first kappa shape index (κ1) is 12.8. The second-order valence-electron chi connectivity index (χ2n) is 3.70. The third kappa shape index (κ3) is 3.67. The summed E-state index contributed by atoms with van der Waals surface area (Å²) >= 11 is 0. The molecule has 0 spiro atoms. The van der Waals surface area contributed by atoms with Crippen LogP contribution in [0.5, 0.6) is 0 Å². The summed E-state index contributed by atoms with van der Waals surface area (Å²) in [5.41, 5.74) is 0.656. The Morgan fingerprint density at radius 2 is 2.00 bits per heavy atom. The lowest BCUT2D eigenvalue weighted by atomic mass is 10.1. The van der Waals surface area contributed by atoms with Crippen molar-refractivity contribution in [3.8, 4) is 0 Å². The lowest BCUT2D eigenvalue weighted by Gasteiger charge is -2.04. The van der Waals surface area contributed by atoms with E-state index < -0.39 is 10.8 Å². The minimum Gasteiger partial charge on any atom is -0.345 e. The zero-order valence-electron chi connectivity index (χ0n) is 9.52. The van der Waals surface area contributed by atoms with E-state index in [1.807, 2.05) is 0 Å². The molecule has 0 saturated heterocycles. The average molecular weight is 236 g/mol. The molecule has 0 radical (unpaired) electrons. The highest BCUT2D eigenvalue weighted by Crippen LogP contribution is 2.16. The van der Waals surface area contributed by atoms with Gasteiger partial charge in [0.25, 0.3) is 11.6 Å². The molecule has 6 heteroatoms. The molecule has 0 aliphatic rings. The number of carbonyl (C=O) groups is 2. The Hall–Kier alpha value is -2.24. The summed E-state index contributed by atoms with van der Waals surface area (Å²) in [5, 5.41) is 13.0. The largest absolute Gasteiger partial charge is 0.345 e. The van der Waals surface area contributed by atoms with Crippen LogP contribution in [-0.4, -0.2) is 23.2 Å². The molecule has 1 rings (SSSR count). The van der Waals surface area contributed by atoms with E-state index in [4.69, 9.17) is 0 Å². The first-order valence-electron chi connectivity index (χ1n) is 4.94. The number of non-ortho nitro benzene ring substituents is 1. The zero-order valence-corrected chi connectivity index (χ0v) is 9.52. The monoisotopic (exact) mass is 236 g/mol. The standard InChI is InChI=1S/C11H12N2O4/c1-7-3-9(5-10(4-7)13(16)17)11(15)12-6-8(2)14/h3-5H,6H2,1-2H3,(H,12,15). The van der Waals surface area contributed by atoms with Gasteiger partial charge in [-0.25, -0.2) is 0 Å². The quantitative estimate of drug-likeness (QED) is 0.628. The molecule has 0 aliphatic heterocycles. The summed E-state index contributed by atoms with van der Waals surface area (Å²) in [6.45, 7) is 2.92. The molecule has 0 aromatic heterocycles. The molecule has 0 heterocycles. The second kappa shape index (κ2) is 5.20. The third-order valence-electron chi connectivity index (χ3n) is 2.03. The summed E-state index contributed by atoms with van der Waals surface area (Å²) in [6, 6.07) is 4.09. The minimum absolute atomic E-state index is 0.0828. The molecule has 0 fully saturated rings. The van der Waals surface area contributed by atoms with Crippen molar-refractivity contribution in [2.75, 3.05) is 6.54 Å². The van der Waals surface area contributed by atoms with Crippen LogP contribution in [-0.2, 0) is 4.79 Å². The van der Waals surface area contributed by atoms with Crippen LogP contribution < -0.4 is 5.32 Å². The number of aryl methyl sites for hydroxylation is 1. The van der Waals surface area contributed by atoms with Crippen LogP contribution in [0.15, 0.2) is 18.2 Å². The van der Waals surface area contributed by atoms with Crippen molar-refractivity contribution in [2.45, 2.75) is 13.8 Å². The molecule has 0 bridgehead atoms. The Balaban J connectivity index is 2.93. The maximum Gasteiger partial charge on any atom is 0.270 e. The van der Waals surface area contributed by atoms with Gasteiger partial charge in [0, 0.05) is 17.7 Å². The highest BCUT2D eigenvalue weighted by atomic mass is 16.6. The van der Waals surface area contributed by atoms with Gasteiger partial charge in [-0.2, -0.15) is 0 Å². The molecule has 0 aliphatic carbocycles. The Morgan fingerprint density at radius 3 is 2.53 bits per heavy atom. The van der Waals surface area contributed by atoms with Crippen LogP contribution in [0.2, 0.25) is 0 Å². The number of nitro benzene ring substituents is 1. The Labute approximate surface area is 97.8 Å². The molecule has 90 valence electrons. The van der Waals surface area contributed by atoms with E-state index in [9.17, 15) is 19.7 Å². The van der Waals surface area contributed by atoms with Crippen LogP contribution in [0.4, 0.5) is 5.69 Å². The Kier molecular flexibility index (Phi) is 3.92. The van der Waals surface area contributed by atoms with Gasteiger partial charge in [0.2, 0.25) is 0 Å². The Bertz CT molecular complexity index is 482. The van der Waals surface area contributed by atoms with Gasteiger partial charge in [-0.1, -0.05) is 0 Å². The average Bonchev–Trinajstić information content (AvgIpc) is 2.24. The van der Waals surface area contributed by atoms with Gasteiger partial charge in [0.1, 0.15) is 5.78 Å². The van der Waals surface area contributed by atoms with Crippen LogP contribution in [0.1, 0.15) is 22.8 Å². The number of benzene rings is 1. The number of hydrogen-bond donors (Lipinski definition) is 1. The van der Waals surface area contributed by atoms with E-state index in [0.717, 1.165) is 0 Å². The van der Waals surface area contributed by atoms with E-state index in [-0.39, 0.29) is 23.6 Å². The van der Waals surface area contributed by atoms with E-state index >= 15 is 0 Å². The SMILES string of the molecule is CC(=O)CNC(=O)c1cc(C)cc([N+](=O)[O-])c1. The maximum atomic E-state index is 11.6. The first-order valence-corrected chi connectivity index (χ1v) is 4.94. The molecule has 1 amide bonds. The number of rotatable bonds is 4. The number of carbonyl (C=O) groups excluding carboxylic acids is 2. The molecular formula is C11H12N2O4. The highest BCUT2D eigenvalue weighted by molar-refractivity contribution is 5.97. The number of ketones is 1. The van der Waals surface area contributed by atoms with Gasteiger partial charge in [0.05, 0.1) is 11.5 Å². The molecule has 1 N–H and O–H groups in total. The lowest BCUT2D eigenvalue weighted by molar-refractivity contribution is -0.384. The van der Waals surface area contributed by atoms with Gasteiger partial charge in [0.15, 0.2) is 0 Å². The number of nitrogens with zero attached hydrogens (tertiary/aromatic N) is 1. The maximum absolute atomic E-state index is 11.6. The molecular weight excluding hydrogens is 224 g/mol. The number of Topliss-reactive ketones (excluding diaryl/α,β-unsaturated/α-hetero) is 1. The minimum atomic E-state index is -0.561. The fourth-order valence-corrected chi connectivity index (χ4v) is 1.31. The van der Waals surface area contributed by atoms with E-state index in [1.54, 1.807) is 6.92 Å². The summed E-state index contributed by atoms with van der Waals surface area (Å²) < 4.78 is 0. The van der Waals surface area contributed by atoms with Crippen molar-refractivity contribution in [1.82, 2.24) is 5.32 Å². The van der Waals surface area contributed by atoms with Crippen LogP contribution >= 0.6 is 0 Å². The molecule has 1 aromatic carbocycles. The van der Waals surface area contributed by atoms with Gasteiger partial charge in [-0.3, -0.25) is 19.7 Å². The van der Waals surface area contributed by atoms with Crippen molar-refractivity contribution in [3.05, 3.63) is 39.4 Å². The van der Waals surface area contributed by atoms with Crippen LogP contribution in [0.3, 0.4) is 0 Å². The van der Waals surface area contributed by atoms with Crippen molar-refractivity contribution in [1.29, 1.82) is 0 Å². The summed E-state index contributed by atoms with van der Waals surface area (Å²) in [6.07, 6.45) is 0. The zero-order chi connectivity index (χ0) is 13.0. The third-order valence-corrected chi connectivity index (χ3v) is 2.03. The number of hydrogen-bond acceptors (Lipinski definition) is 4. The summed E-state index contributed by atoms with van der Waals surface area (Å²) in [4.78, 5) is 32.3. The summed E-state index contributed by atoms with van der Waals surface area (Å²) in [7, 11) is 0. The second-order valence-corrected chi connectivity index (χ2v) is 3.70. The van der Waals surface area contributed by atoms with Gasteiger partial charge in [-0.05, 0) is 25.5 Å². The number of nitro groups is 1. The Morgan fingerprint density at radius 1 is 1.35 bits per heavy atom. The van der Waals surface area contributed by atoms with E-state index in [0.29, 0.717) is 5.56 Å². The fraction of sp³-hybridized carbons (Fsp3) is 0.273. The molecule has 0 unspecified atom stereocenters. The molecule has 17 heavy (non-hydrogen) atoms. The molecule has 1 aromatic rings. The predicted molar refractivity (Wildman–Crippen MR) is 60.8 cm³/mol. The normalized spacial score (nSPS) is 9.76. The van der Waals surface area contributed by atoms with Crippen molar-refractivity contribution in [2.24, 2.45) is 0 Å². The smallest absolute Gasteiger partial charge is 0.270 e. The molecule has 6 nitrogen and oxygen atoms in total. The predicted octanol–water partition coefficient (Wildman–Crippen LogP) is 1.22. The van der Waals surface area contributed by atoms with Gasteiger partial charge in [-0.15, -0.1) is 0 Å². The molecule has 0 saturated carbocycles. The highest BCUT2D eigenvalue weighted by Gasteiger charge is 2.13. The van der Waals surface area contributed by atoms with Gasteiger partial charge < -0.3 is 5.32 Å². The van der Waals surface area contributed by atoms with Crippen molar-refractivity contribution < 1.29 is 14.5 Å². The van der Waals surface area contributed by atoms with Crippen LogP contribution in [0, 0.1) is 17.0 Å². The number of amides is 1. The van der Waals surface area contributed by atoms with Crippen LogP contribution in [0.25, 0.3) is 0 Å².